The van der Waals surface area contributed by atoms with Crippen molar-refractivity contribution in [3.63, 3.8) is 0 Å². The SMILES string of the molecule is CNC(=O)CCn1c(C(C)Cl)nc2ccc(Br)cc21. The second-order valence-corrected chi connectivity index (χ2v) is 5.86. The van der Waals surface area contributed by atoms with Gasteiger partial charge in [0.25, 0.3) is 0 Å². The molecule has 1 heterocycles. The van der Waals surface area contributed by atoms with Crippen molar-refractivity contribution in [1.29, 1.82) is 0 Å². The van der Waals surface area contributed by atoms with E-state index < -0.39 is 0 Å². The van der Waals surface area contributed by atoms with Crippen LogP contribution in [0.25, 0.3) is 11.0 Å². The zero-order chi connectivity index (χ0) is 14.0. The summed E-state index contributed by atoms with van der Waals surface area (Å²) in [6.07, 6.45) is 0.408. The molecule has 1 aromatic carbocycles. The smallest absolute Gasteiger partial charge is 0.221 e. The van der Waals surface area contributed by atoms with Crippen LogP contribution in [-0.2, 0) is 11.3 Å². The van der Waals surface area contributed by atoms with Crippen LogP contribution in [0.15, 0.2) is 22.7 Å². The number of rotatable bonds is 4. The summed E-state index contributed by atoms with van der Waals surface area (Å²) in [7, 11) is 1.63. The second-order valence-electron chi connectivity index (χ2n) is 4.29. The van der Waals surface area contributed by atoms with Gasteiger partial charge in [-0.3, -0.25) is 4.79 Å². The standard InChI is InChI=1S/C13H15BrClN3O/c1-8(15)13-17-10-4-3-9(14)7-11(10)18(13)6-5-12(19)16-2/h3-4,7-8H,5-6H2,1-2H3,(H,16,19). The number of benzene rings is 1. The first-order valence-corrected chi connectivity index (χ1v) is 7.26. The van der Waals surface area contributed by atoms with Gasteiger partial charge in [0.15, 0.2) is 0 Å². The monoisotopic (exact) mass is 343 g/mol. The third-order valence-electron chi connectivity index (χ3n) is 2.94. The number of carbonyl (C=O) groups is 1. The van der Waals surface area contributed by atoms with Gasteiger partial charge in [0.1, 0.15) is 5.82 Å². The predicted octanol–water partition coefficient (Wildman–Crippen LogP) is 3.23. The van der Waals surface area contributed by atoms with Crippen LogP contribution >= 0.6 is 27.5 Å². The Labute approximate surface area is 125 Å². The minimum absolute atomic E-state index is 0.00465. The molecule has 19 heavy (non-hydrogen) atoms. The number of hydrogen-bond donors (Lipinski definition) is 1. The van der Waals surface area contributed by atoms with Crippen molar-refractivity contribution >= 4 is 44.5 Å². The topological polar surface area (TPSA) is 46.9 Å². The fourth-order valence-electron chi connectivity index (χ4n) is 1.99. The van der Waals surface area contributed by atoms with Gasteiger partial charge in [-0.25, -0.2) is 4.98 Å². The van der Waals surface area contributed by atoms with E-state index in [0.717, 1.165) is 21.3 Å². The van der Waals surface area contributed by atoms with Gasteiger partial charge in [0.2, 0.25) is 5.91 Å². The van der Waals surface area contributed by atoms with E-state index in [1.54, 1.807) is 7.05 Å². The predicted molar refractivity (Wildman–Crippen MR) is 80.4 cm³/mol. The van der Waals surface area contributed by atoms with E-state index in [0.29, 0.717) is 13.0 Å². The molecule has 4 nitrogen and oxygen atoms in total. The number of carbonyl (C=O) groups excluding carboxylic acids is 1. The fraction of sp³-hybridized carbons (Fsp3) is 0.385. The first-order valence-electron chi connectivity index (χ1n) is 6.03. The molecule has 102 valence electrons. The maximum atomic E-state index is 11.4. The zero-order valence-electron chi connectivity index (χ0n) is 10.8. The van der Waals surface area contributed by atoms with Crippen LogP contribution in [0.2, 0.25) is 0 Å². The molecule has 1 amide bonds. The molecule has 0 saturated carbocycles. The molecule has 0 bridgehead atoms. The molecule has 0 aliphatic rings. The second kappa shape index (κ2) is 5.92. The lowest BCUT2D eigenvalue weighted by Gasteiger charge is -2.10. The van der Waals surface area contributed by atoms with Crippen LogP contribution in [-0.4, -0.2) is 22.5 Å². The number of nitrogens with zero attached hydrogens (tertiary/aromatic N) is 2. The third kappa shape index (κ3) is 3.09. The van der Waals surface area contributed by atoms with E-state index in [1.807, 2.05) is 29.7 Å². The number of nitrogens with one attached hydrogen (secondary N) is 1. The highest BCUT2D eigenvalue weighted by Crippen LogP contribution is 2.26. The minimum Gasteiger partial charge on any atom is -0.359 e. The Morgan fingerprint density at radius 1 is 1.58 bits per heavy atom. The number of imidazole rings is 1. The average molecular weight is 345 g/mol. The summed E-state index contributed by atoms with van der Waals surface area (Å²) in [5, 5.41) is 2.42. The highest BCUT2D eigenvalue weighted by Gasteiger charge is 2.15. The lowest BCUT2D eigenvalue weighted by molar-refractivity contribution is -0.120. The number of amides is 1. The maximum absolute atomic E-state index is 11.4. The van der Waals surface area contributed by atoms with Crippen LogP contribution in [0.3, 0.4) is 0 Å². The van der Waals surface area contributed by atoms with Crippen LogP contribution in [0.4, 0.5) is 0 Å². The molecule has 0 aliphatic carbocycles. The first kappa shape index (κ1) is 14.3. The molecule has 1 unspecified atom stereocenters. The van der Waals surface area contributed by atoms with Gasteiger partial charge in [-0.15, -0.1) is 11.6 Å². The van der Waals surface area contributed by atoms with Crippen molar-refractivity contribution in [3.05, 3.63) is 28.5 Å². The summed E-state index contributed by atoms with van der Waals surface area (Å²) < 4.78 is 2.99. The fourth-order valence-corrected chi connectivity index (χ4v) is 2.51. The van der Waals surface area contributed by atoms with Crippen molar-refractivity contribution in [2.75, 3.05) is 7.05 Å². The molecule has 0 spiro atoms. The normalized spacial score (nSPS) is 12.6. The van der Waals surface area contributed by atoms with Gasteiger partial charge < -0.3 is 9.88 Å². The Balaban J connectivity index is 2.45. The Morgan fingerprint density at radius 3 is 2.95 bits per heavy atom. The van der Waals surface area contributed by atoms with Gasteiger partial charge in [-0.2, -0.15) is 0 Å². The van der Waals surface area contributed by atoms with Crippen LogP contribution in [0.5, 0.6) is 0 Å². The van der Waals surface area contributed by atoms with Crippen molar-refractivity contribution in [2.45, 2.75) is 25.3 Å². The quantitative estimate of drug-likeness (QED) is 0.866. The number of fused-ring (bicyclic) bond motifs is 1. The summed E-state index contributed by atoms with van der Waals surface area (Å²) >= 11 is 9.63. The third-order valence-corrected chi connectivity index (χ3v) is 3.63. The lowest BCUT2D eigenvalue weighted by atomic mass is 10.3. The first-order chi connectivity index (χ1) is 9.02. The van der Waals surface area contributed by atoms with Crippen molar-refractivity contribution in [1.82, 2.24) is 14.9 Å². The molecule has 2 aromatic rings. The molecular formula is C13H15BrClN3O. The molecule has 0 saturated heterocycles. The largest absolute Gasteiger partial charge is 0.359 e. The molecule has 2 rings (SSSR count). The number of aryl methyl sites for hydroxylation is 1. The van der Waals surface area contributed by atoms with E-state index in [1.165, 1.54) is 0 Å². The van der Waals surface area contributed by atoms with E-state index in [4.69, 9.17) is 11.6 Å². The summed E-state index contributed by atoms with van der Waals surface area (Å²) in [6.45, 7) is 2.45. The molecule has 0 fully saturated rings. The van der Waals surface area contributed by atoms with Crippen molar-refractivity contribution in [2.24, 2.45) is 0 Å². The molecule has 1 aromatic heterocycles. The molecule has 0 aliphatic heterocycles. The molecular weight excluding hydrogens is 330 g/mol. The highest BCUT2D eigenvalue weighted by atomic mass is 79.9. The summed E-state index contributed by atoms with van der Waals surface area (Å²) in [6, 6.07) is 5.88. The van der Waals surface area contributed by atoms with Crippen molar-refractivity contribution in [3.8, 4) is 0 Å². The van der Waals surface area contributed by atoms with E-state index in [2.05, 4.69) is 26.2 Å². The Kier molecular flexibility index (Phi) is 4.47. The Morgan fingerprint density at radius 2 is 2.32 bits per heavy atom. The number of aromatic nitrogens is 2. The molecule has 1 atom stereocenters. The highest BCUT2D eigenvalue weighted by molar-refractivity contribution is 9.10. The van der Waals surface area contributed by atoms with Gasteiger partial charge in [0, 0.05) is 24.5 Å². The molecule has 1 N–H and O–H groups in total. The van der Waals surface area contributed by atoms with Crippen LogP contribution in [0.1, 0.15) is 24.5 Å². The van der Waals surface area contributed by atoms with Gasteiger partial charge >= 0.3 is 0 Å². The number of hydrogen-bond acceptors (Lipinski definition) is 2. The van der Waals surface area contributed by atoms with Crippen LogP contribution in [0, 0.1) is 0 Å². The van der Waals surface area contributed by atoms with Gasteiger partial charge in [-0.05, 0) is 25.1 Å². The Bertz CT molecular complexity index is 609. The minimum atomic E-state index is -0.198. The summed E-state index contributed by atoms with van der Waals surface area (Å²) in [5.74, 6) is 0.795. The number of halogens is 2. The zero-order valence-corrected chi connectivity index (χ0v) is 13.1. The van der Waals surface area contributed by atoms with Gasteiger partial charge in [-0.1, -0.05) is 15.9 Å². The van der Waals surface area contributed by atoms with E-state index in [-0.39, 0.29) is 11.3 Å². The van der Waals surface area contributed by atoms with E-state index >= 15 is 0 Å². The molecule has 6 heteroatoms. The number of alkyl halides is 1. The summed E-state index contributed by atoms with van der Waals surface area (Å²) in [5.41, 5.74) is 1.88. The van der Waals surface area contributed by atoms with Crippen LogP contribution < -0.4 is 5.32 Å². The average Bonchev–Trinajstić information content (AvgIpc) is 2.74. The molecule has 0 radical (unpaired) electrons. The Hall–Kier alpha value is -1.07. The van der Waals surface area contributed by atoms with Gasteiger partial charge in [0.05, 0.1) is 16.4 Å². The maximum Gasteiger partial charge on any atom is 0.221 e. The van der Waals surface area contributed by atoms with E-state index in [9.17, 15) is 4.79 Å². The lowest BCUT2D eigenvalue weighted by Crippen LogP contribution is -2.20. The summed E-state index contributed by atoms with van der Waals surface area (Å²) in [4.78, 5) is 15.9. The van der Waals surface area contributed by atoms with Crippen molar-refractivity contribution < 1.29 is 4.79 Å².